The van der Waals surface area contributed by atoms with E-state index >= 15 is 0 Å². The molecule has 0 radical (unpaired) electrons. The summed E-state index contributed by atoms with van der Waals surface area (Å²) in [5.41, 5.74) is 0. The zero-order chi connectivity index (χ0) is 109. The van der Waals surface area contributed by atoms with Crippen LogP contribution in [0.15, 0.2) is 0 Å². The highest BCUT2D eigenvalue weighted by Gasteiger charge is 2.63. The molecule has 0 bridgehead atoms. The molecule has 0 aromatic heterocycles. The van der Waals surface area contributed by atoms with E-state index in [0.717, 1.165) is 34.6 Å². The predicted octanol–water partition coefficient (Wildman–Crippen LogP) is -25.8. The fraction of sp³-hybridized carbons (Fsp3) is 0.939. The lowest BCUT2D eigenvalue weighted by molar-refractivity contribution is -0.394. The Bertz CT molecular complexity index is 4050. The van der Waals surface area contributed by atoms with Gasteiger partial charge in [0.15, 0.2) is 69.2 Å². The van der Waals surface area contributed by atoms with Crippen LogP contribution in [0.1, 0.15) is 41.5 Å². The highest BCUT2D eigenvalue weighted by Crippen LogP contribution is 2.42. The molecule has 11 saturated heterocycles. The summed E-state index contributed by atoms with van der Waals surface area (Å²) in [5.74, 6) is -4.93. The molecule has 5 amide bonds. The van der Waals surface area contributed by atoms with Crippen molar-refractivity contribution >= 4 is 29.5 Å². The maximum atomic E-state index is 13.4. The Morgan fingerprint density at radius 1 is 0.252 bits per heavy atom. The first-order valence-electron chi connectivity index (χ1n) is 46.9. The Balaban J connectivity index is 0.946. The summed E-state index contributed by atoms with van der Waals surface area (Å²) in [5, 5.41) is 383. The minimum Gasteiger partial charge on any atom is -0.394 e. The molecule has 147 heavy (non-hydrogen) atoms. The Morgan fingerprint density at radius 3 is 0.905 bits per heavy atom. The number of nitrogens with one attached hydrogen (secondary N) is 5. The van der Waals surface area contributed by atoms with Gasteiger partial charge < -0.3 is 299 Å². The van der Waals surface area contributed by atoms with Crippen molar-refractivity contribution in [1.82, 2.24) is 26.6 Å². The predicted molar refractivity (Wildman–Crippen MR) is 454 cm³/mol. The van der Waals surface area contributed by atoms with Crippen molar-refractivity contribution in [2.45, 2.75) is 403 Å². The number of amides is 5. The summed E-state index contributed by atoms with van der Waals surface area (Å²) in [7, 11) is 0. The van der Waals surface area contributed by atoms with Crippen molar-refractivity contribution in [2.75, 3.05) is 79.3 Å². The number of hydrogen-bond donors (Lipinski definition) is 38. The topological polar surface area (TPSA) is 1020 Å². The molecule has 11 aliphatic heterocycles. The summed E-state index contributed by atoms with van der Waals surface area (Å²) in [4.78, 5) is 65.1. The van der Waals surface area contributed by atoms with E-state index < -0.39 is 471 Å². The number of aliphatic hydroxyl groups excluding tert-OH is 33. The number of aliphatic hydroxyl groups is 33. The number of ether oxygens (including phenoxy) is 22. The molecule has 11 aliphatic rings. The zero-order valence-electron chi connectivity index (χ0n) is 79.3. The first-order chi connectivity index (χ1) is 69.5. The number of carbonyl (C=O) groups excluding carboxylic acids is 5. The normalized spacial score (nSPS) is 47.3. The van der Waals surface area contributed by atoms with E-state index in [0.29, 0.717) is 0 Å². The lowest BCUT2D eigenvalue weighted by atomic mass is 9.94. The molecular weight excluding hydrogens is 2010 g/mol. The van der Waals surface area contributed by atoms with Gasteiger partial charge >= 0.3 is 0 Å². The van der Waals surface area contributed by atoms with Crippen LogP contribution in [0.4, 0.5) is 0 Å². The summed E-state index contributed by atoms with van der Waals surface area (Å²) in [6.07, 6.45) is -116. The van der Waals surface area contributed by atoms with E-state index in [1.54, 1.807) is 0 Å². The van der Waals surface area contributed by atoms with Gasteiger partial charge in [0.1, 0.15) is 281 Å². The minimum atomic E-state index is -2.72. The SMILES string of the molecule is CC(=O)N[C@H]1[C@H](O[C@@H]([C@H](O)[C@H](CO)NC(C)=O)[C@H](O)CO[C@@H]2O[C@@H](C)[C@@H](O)[C@@H](O)[C@@H]2O)O[C@H](CO)[C@@H](O[C@@H]2O[C@H](CO[C@H]3O[C@H](CO[C@@H]4O[C@H](CO)[C@@H](O[C@@H]5O[C@H](CO)[C@H](O)[C@H](O)[C@H]5O)[C@@H](O)[C@H]4NC(C)=O)[C@@H](O)[C@H](O)[C@@H]3O[C@@H]3O[C@H](CO)[C@@H](O[C@@H]4O[C@H](CO)[C@H](O)[C@H](O)[C@H]4O)[C@H](O)[C@H]3NC(C)=O)[C@@H](O)[C@H](O[C@H]3O[C@H](CO)[C@@H](O[C@@H]4O[C@H](CO)[C@@H](O[C@@H]5O[C@H](CO)[C@H](O)[C@H](O)[C@H]5O)[C@H](O)[C@H]4NC(C)=O)[C@H](O)[C@@H]3O)[C@@H]2O)[C@@H]1O. The summed E-state index contributed by atoms with van der Waals surface area (Å²) in [6, 6.07) is -9.85. The third-order valence-corrected chi connectivity index (χ3v) is 26.7. The first-order valence-corrected chi connectivity index (χ1v) is 46.9. The maximum Gasteiger partial charge on any atom is 0.217 e. The van der Waals surface area contributed by atoms with Crippen LogP contribution in [0, 0.1) is 0 Å². The number of carbonyl (C=O) groups is 5. The lowest BCUT2D eigenvalue weighted by Crippen LogP contribution is -2.70. The fourth-order valence-corrected chi connectivity index (χ4v) is 18.7. The summed E-state index contributed by atoms with van der Waals surface area (Å²) >= 11 is 0. The standard InChI is InChI=1S/C82H139N5O60/c1-19-41(103)52(114)58(120)76(129-19)126-16-26(102)64(42(104)25(7-88)83-20(2)97)140-73-38(85-22(4)99)49(111)68(33(14-95)134-73)145-81-63(125)70(146-80-62(124)57(119)69(34(15-96)137-80)141-74-39(86-23(5)100)50(112)66(31(12-93)135-74)143-78-60(122)54(116)44(106)28(9-90)131-78)47(109)36(138-81)18-128-82-71(147-75-40(87-24(6)101)51(113)67(32(13-94)136-75)144-79-61(123)55(117)45(107)29(10-91)132-79)56(118)46(108)35(139-82)17-127-72-37(84-21(3)98)48(110)65(30(11-92)133-72)142-77-59(121)53(115)43(105)27(8-89)130-77/h19,25-82,88-96,102-125H,7-18H2,1-6H3,(H,83,97)(H,84,98)(H,85,99)(H,86,100)(H,87,101)/t19-,25-,26+,27+,28+,29+,30+,31+,32+,33+,34+,35+,36+,37+,38+,39+,40+,41+,42+,43-,44-,45-,46+,47+,48-,49+,50+,51+,52+,53-,54-,55-,56-,57+,58-,59+,60+,61+,62-,63-,64+,65+,66+,67+,68+,69+,70-,71-,72+,73-,74-,75-,76+,77-,78-,79-,80+,81-,82-/m0/s1. The Morgan fingerprint density at radius 2 is 0.524 bits per heavy atom. The average molecular weight is 2150 g/mol. The molecule has 852 valence electrons. The van der Waals surface area contributed by atoms with E-state index in [1.807, 2.05) is 0 Å². The van der Waals surface area contributed by atoms with Crippen molar-refractivity contribution < 1.29 is 297 Å². The van der Waals surface area contributed by atoms with Crippen molar-refractivity contribution in [3.05, 3.63) is 0 Å². The molecule has 0 saturated carbocycles. The lowest BCUT2D eigenvalue weighted by Gasteiger charge is -2.51. The molecule has 0 aliphatic carbocycles. The van der Waals surface area contributed by atoms with Gasteiger partial charge in [0.05, 0.1) is 91.4 Å². The molecule has 59 atom stereocenters. The van der Waals surface area contributed by atoms with Gasteiger partial charge in [-0.15, -0.1) is 0 Å². The molecule has 0 spiro atoms. The Labute approximate surface area is 833 Å². The van der Waals surface area contributed by atoms with Crippen molar-refractivity contribution in [3.8, 4) is 0 Å². The molecule has 38 N–H and O–H groups in total. The second-order valence-corrected chi connectivity index (χ2v) is 37.2. The van der Waals surface area contributed by atoms with Crippen LogP contribution in [0.3, 0.4) is 0 Å². The zero-order valence-corrected chi connectivity index (χ0v) is 79.3. The van der Waals surface area contributed by atoms with Gasteiger partial charge in [0.25, 0.3) is 0 Å². The molecule has 0 unspecified atom stereocenters. The molecule has 11 fully saturated rings. The maximum absolute atomic E-state index is 13.4. The van der Waals surface area contributed by atoms with Crippen LogP contribution in [0.2, 0.25) is 0 Å². The highest BCUT2D eigenvalue weighted by molar-refractivity contribution is 5.75. The molecule has 65 nitrogen and oxygen atoms in total. The second kappa shape index (κ2) is 54.2. The van der Waals surface area contributed by atoms with Crippen LogP contribution in [0.5, 0.6) is 0 Å². The Hall–Kier alpha value is -4.85. The van der Waals surface area contributed by atoms with Crippen LogP contribution in [-0.4, -0.2) is 639 Å². The van der Waals surface area contributed by atoms with Gasteiger partial charge in [0.2, 0.25) is 29.5 Å². The highest BCUT2D eigenvalue weighted by atomic mass is 16.8. The van der Waals surface area contributed by atoms with Crippen LogP contribution in [-0.2, 0) is 128 Å². The van der Waals surface area contributed by atoms with Gasteiger partial charge in [-0.3, -0.25) is 24.0 Å². The third-order valence-electron chi connectivity index (χ3n) is 26.7. The smallest absolute Gasteiger partial charge is 0.217 e. The van der Waals surface area contributed by atoms with Gasteiger partial charge in [-0.25, -0.2) is 0 Å². The van der Waals surface area contributed by atoms with Gasteiger partial charge in [-0.05, 0) is 6.92 Å². The first kappa shape index (κ1) is 122. The van der Waals surface area contributed by atoms with Crippen molar-refractivity contribution in [3.63, 3.8) is 0 Å². The molecule has 65 heteroatoms. The van der Waals surface area contributed by atoms with E-state index in [9.17, 15) is 192 Å². The van der Waals surface area contributed by atoms with Gasteiger partial charge in [-0.1, -0.05) is 0 Å². The fourth-order valence-electron chi connectivity index (χ4n) is 18.7. The summed E-state index contributed by atoms with van der Waals surface area (Å²) < 4.78 is 131. The van der Waals surface area contributed by atoms with E-state index in [2.05, 4.69) is 26.6 Å². The molecule has 11 rings (SSSR count). The third kappa shape index (κ3) is 28.0. The monoisotopic (exact) mass is 2150 g/mol. The average Bonchev–Trinajstić information content (AvgIpc) is 0.690. The Kier molecular flexibility index (Phi) is 45.1. The minimum absolute atomic E-state index is 0.857. The van der Waals surface area contributed by atoms with E-state index in [4.69, 9.17) is 104 Å². The van der Waals surface area contributed by atoms with Crippen molar-refractivity contribution in [2.24, 2.45) is 0 Å². The van der Waals surface area contributed by atoms with Crippen LogP contribution < -0.4 is 26.6 Å². The molecule has 11 heterocycles. The van der Waals surface area contributed by atoms with Gasteiger partial charge in [0, 0.05) is 34.6 Å². The van der Waals surface area contributed by atoms with E-state index in [-0.39, 0.29) is 0 Å². The largest absolute Gasteiger partial charge is 0.394 e. The van der Waals surface area contributed by atoms with E-state index in [1.165, 1.54) is 6.92 Å². The molecule has 0 aromatic rings. The molecular formula is C82H139N5O60. The number of hydrogen-bond acceptors (Lipinski definition) is 60. The molecule has 0 aromatic carbocycles. The van der Waals surface area contributed by atoms with Crippen LogP contribution >= 0.6 is 0 Å². The summed E-state index contributed by atoms with van der Waals surface area (Å²) in [6.45, 7) is -8.18. The van der Waals surface area contributed by atoms with Crippen LogP contribution in [0.25, 0.3) is 0 Å². The number of rotatable bonds is 42. The second-order valence-electron chi connectivity index (χ2n) is 37.2. The van der Waals surface area contributed by atoms with Gasteiger partial charge in [-0.2, -0.15) is 0 Å². The quantitative estimate of drug-likeness (QED) is 0.0270. The van der Waals surface area contributed by atoms with Crippen molar-refractivity contribution in [1.29, 1.82) is 0 Å².